The number of benzene rings is 1. The maximum Gasteiger partial charge on any atom is 0.310 e. The lowest BCUT2D eigenvalue weighted by Crippen LogP contribution is -2.13. The van der Waals surface area contributed by atoms with Gasteiger partial charge in [-0.05, 0) is 13.0 Å². The second-order valence-corrected chi connectivity index (χ2v) is 3.92. The molecule has 0 radical (unpaired) electrons. The van der Waals surface area contributed by atoms with Crippen molar-refractivity contribution >= 4 is 17.9 Å². The van der Waals surface area contributed by atoms with Gasteiger partial charge in [0.05, 0.1) is 5.92 Å². The number of carboxylic acid groups (broad SMARTS) is 1. The minimum Gasteiger partial charge on any atom is -0.481 e. The summed E-state index contributed by atoms with van der Waals surface area (Å²) < 4.78 is 9.88. The number of carbonyl (C=O) groups is 3. The fourth-order valence-electron chi connectivity index (χ4n) is 1.49. The summed E-state index contributed by atoms with van der Waals surface area (Å²) in [5.41, 5.74) is 0.265. The molecule has 0 spiro atoms. The van der Waals surface area contributed by atoms with E-state index in [-0.39, 0.29) is 17.1 Å². The summed E-state index contributed by atoms with van der Waals surface area (Å²) in [7, 11) is 0. The Morgan fingerprint density at radius 2 is 1.68 bits per heavy atom. The summed E-state index contributed by atoms with van der Waals surface area (Å²) in [4.78, 5) is 33.1. The molecule has 102 valence electrons. The first-order valence-corrected chi connectivity index (χ1v) is 5.55. The highest BCUT2D eigenvalue weighted by atomic mass is 16.6. The zero-order chi connectivity index (χ0) is 14.6. The zero-order valence-corrected chi connectivity index (χ0v) is 10.8. The summed E-state index contributed by atoms with van der Waals surface area (Å²) in [5.74, 6) is -3.21. The van der Waals surface area contributed by atoms with Crippen molar-refractivity contribution in [2.75, 3.05) is 0 Å². The number of esters is 2. The molecule has 1 rings (SSSR count). The molecule has 0 aliphatic rings. The lowest BCUT2D eigenvalue weighted by molar-refractivity contribution is -0.138. The van der Waals surface area contributed by atoms with Crippen LogP contribution < -0.4 is 9.47 Å². The molecule has 1 atom stereocenters. The topological polar surface area (TPSA) is 89.9 Å². The minimum atomic E-state index is -1.08. The van der Waals surface area contributed by atoms with Gasteiger partial charge < -0.3 is 14.6 Å². The smallest absolute Gasteiger partial charge is 0.310 e. The van der Waals surface area contributed by atoms with Gasteiger partial charge in [0.2, 0.25) is 0 Å². The molecular weight excluding hydrogens is 252 g/mol. The maximum absolute atomic E-state index is 11.1. The van der Waals surface area contributed by atoms with Crippen LogP contribution in [0.15, 0.2) is 18.2 Å². The van der Waals surface area contributed by atoms with E-state index in [0.29, 0.717) is 0 Å². The van der Waals surface area contributed by atoms with Crippen LogP contribution in [0, 0.1) is 0 Å². The van der Waals surface area contributed by atoms with E-state index in [2.05, 4.69) is 0 Å². The molecule has 0 aromatic heterocycles. The van der Waals surface area contributed by atoms with Crippen molar-refractivity contribution in [2.45, 2.75) is 26.7 Å². The van der Waals surface area contributed by atoms with Crippen molar-refractivity contribution in [1.29, 1.82) is 0 Å². The molecule has 0 fully saturated rings. The molecule has 1 N–H and O–H groups in total. The van der Waals surface area contributed by atoms with Gasteiger partial charge in [-0.15, -0.1) is 0 Å². The second kappa shape index (κ2) is 5.99. The minimum absolute atomic E-state index is 0.0216. The molecule has 19 heavy (non-hydrogen) atoms. The number of carbonyl (C=O) groups excluding carboxylic acids is 2. The Bertz CT molecular complexity index is 520. The Morgan fingerprint density at radius 3 is 2.16 bits per heavy atom. The first-order chi connectivity index (χ1) is 8.82. The number of para-hydroxylation sites is 1. The van der Waals surface area contributed by atoms with Crippen molar-refractivity contribution in [3.05, 3.63) is 23.8 Å². The number of hydrogen-bond acceptors (Lipinski definition) is 5. The highest BCUT2D eigenvalue weighted by Crippen LogP contribution is 2.36. The molecule has 0 aliphatic carbocycles. The number of rotatable bonds is 4. The van der Waals surface area contributed by atoms with Gasteiger partial charge in [-0.25, -0.2) is 0 Å². The fraction of sp³-hybridized carbons (Fsp3) is 0.308. The van der Waals surface area contributed by atoms with Crippen LogP contribution in [0.25, 0.3) is 0 Å². The molecule has 0 aliphatic heterocycles. The van der Waals surface area contributed by atoms with Crippen molar-refractivity contribution < 1.29 is 29.0 Å². The van der Waals surface area contributed by atoms with Gasteiger partial charge in [0, 0.05) is 19.4 Å². The maximum atomic E-state index is 11.1. The summed E-state index contributed by atoms with van der Waals surface area (Å²) in [6.45, 7) is 3.83. The molecule has 6 nitrogen and oxygen atoms in total. The van der Waals surface area contributed by atoms with Crippen LogP contribution >= 0.6 is 0 Å². The van der Waals surface area contributed by atoms with Crippen LogP contribution in [0.2, 0.25) is 0 Å². The van der Waals surface area contributed by atoms with E-state index in [1.165, 1.54) is 39.0 Å². The number of hydrogen-bond donors (Lipinski definition) is 1. The Labute approximate surface area is 109 Å². The van der Waals surface area contributed by atoms with Crippen LogP contribution in [0.3, 0.4) is 0 Å². The average molecular weight is 266 g/mol. The van der Waals surface area contributed by atoms with Gasteiger partial charge in [-0.1, -0.05) is 12.1 Å². The van der Waals surface area contributed by atoms with E-state index in [0.717, 1.165) is 0 Å². The zero-order valence-electron chi connectivity index (χ0n) is 10.8. The van der Waals surface area contributed by atoms with E-state index < -0.39 is 23.8 Å². The first kappa shape index (κ1) is 14.7. The molecule has 0 heterocycles. The van der Waals surface area contributed by atoms with Crippen LogP contribution in [-0.4, -0.2) is 23.0 Å². The molecule has 1 unspecified atom stereocenters. The van der Waals surface area contributed by atoms with Crippen molar-refractivity contribution in [3.8, 4) is 11.5 Å². The van der Waals surface area contributed by atoms with Gasteiger partial charge in [0.25, 0.3) is 0 Å². The van der Waals surface area contributed by atoms with E-state index in [9.17, 15) is 14.4 Å². The quantitative estimate of drug-likeness (QED) is 0.659. The molecule has 0 amide bonds. The summed E-state index contributed by atoms with van der Waals surface area (Å²) >= 11 is 0. The predicted octanol–water partition coefficient (Wildman–Crippen LogP) is 1.73. The van der Waals surface area contributed by atoms with E-state index >= 15 is 0 Å². The first-order valence-electron chi connectivity index (χ1n) is 5.55. The monoisotopic (exact) mass is 266 g/mol. The highest BCUT2D eigenvalue weighted by Gasteiger charge is 2.23. The largest absolute Gasteiger partial charge is 0.481 e. The van der Waals surface area contributed by atoms with Gasteiger partial charge in [-0.3, -0.25) is 14.4 Å². The lowest BCUT2D eigenvalue weighted by atomic mass is 10.00. The standard InChI is InChI=1S/C13H14O6/c1-7(13(16)17)10-5-4-6-11(18-8(2)14)12(10)19-9(3)15/h4-7H,1-3H3,(H,16,17). The molecule has 1 aromatic carbocycles. The number of carboxylic acids is 1. The van der Waals surface area contributed by atoms with Crippen LogP contribution in [0.1, 0.15) is 32.3 Å². The molecule has 0 saturated heterocycles. The molecule has 6 heteroatoms. The Hall–Kier alpha value is -2.37. The van der Waals surface area contributed by atoms with E-state index in [1.54, 1.807) is 0 Å². The van der Waals surface area contributed by atoms with Crippen LogP contribution in [0.4, 0.5) is 0 Å². The SMILES string of the molecule is CC(=O)Oc1cccc(C(C)C(=O)O)c1OC(C)=O. The third-order valence-electron chi connectivity index (χ3n) is 2.35. The van der Waals surface area contributed by atoms with Crippen molar-refractivity contribution in [2.24, 2.45) is 0 Å². The van der Waals surface area contributed by atoms with Crippen molar-refractivity contribution in [1.82, 2.24) is 0 Å². The third kappa shape index (κ3) is 3.80. The third-order valence-corrected chi connectivity index (χ3v) is 2.35. The van der Waals surface area contributed by atoms with Gasteiger partial charge >= 0.3 is 17.9 Å². The van der Waals surface area contributed by atoms with Crippen LogP contribution in [0.5, 0.6) is 11.5 Å². The molecule has 0 saturated carbocycles. The molecule has 0 bridgehead atoms. The number of aliphatic carboxylic acids is 1. The molecule has 1 aromatic rings. The predicted molar refractivity (Wildman–Crippen MR) is 65.1 cm³/mol. The Balaban J connectivity index is 3.32. The summed E-state index contributed by atoms with van der Waals surface area (Å²) in [6, 6.07) is 4.46. The average Bonchev–Trinajstić information content (AvgIpc) is 2.29. The Morgan fingerprint density at radius 1 is 1.11 bits per heavy atom. The second-order valence-electron chi connectivity index (χ2n) is 3.92. The van der Waals surface area contributed by atoms with Gasteiger partial charge in [0.1, 0.15) is 0 Å². The van der Waals surface area contributed by atoms with E-state index in [1.807, 2.05) is 0 Å². The Kier molecular flexibility index (Phi) is 4.63. The molecular formula is C13H14O6. The normalized spacial score (nSPS) is 11.5. The highest BCUT2D eigenvalue weighted by molar-refractivity contribution is 5.80. The van der Waals surface area contributed by atoms with Crippen molar-refractivity contribution in [3.63, 3.8) is 0 Å². The van der Waals surface area contributed by atoms with Gasteiger partial charge in [0.15, 0.2) is 11.5 Å². The van der Waals surface area contributed by atoms with E-state index in [4.69, 9.17) is 14.6 Å². The summed E-state index contributed by atoms with van der Waals surface area (Å²) in [5, 5.41) is 9.02. The van der Waals surface area contributed by atoms with Crippen LogP contribution in [-0.2, 0) is 14.4 Å². The summed E-state index contributed by atoms with van der Waals surface area (Å²) in [6.07, 6.45) is 0. The fourth-order valence-corrected chi connectivity index (χ4v) is 1.49. The number of ether oxygens (including phenoxy) is 2. The van der Waals surface area contributed by atoms with Gasteiger partial charge in [-0.2, -0.15) is 0 Å². The lowest BCUT2D eigenvalue weighted by Gasteiger charge is -2.15.